The van der Waals surface area contributed by atoms with Crippen molar-refractivity contribution in [1.29, 1.82) is 0 Å². The Morgan fingerprint density at radius 1 is 1.19 bits per heavy atom. The first kappa shape index (κ1) is 18.8. The van der Waals surface area contributed by atoms with Gasteiger partial charge >= 0.3 is 0 Å². The molecule has 6 heteroatoms. The van der Waals surface area contributed by atoms with Crippen molar-refractivity contribution in [3.63, 3.8) is 0 Å². The molecule has 0 saturated carbocycles. The minimum atomic E-state index is -0.994. The van der Waals surface area contributed by atoms with Crippen LogP contribution in [0.5, 0.6) is 5.75 Å². The van der Waals surface area contributed by atoms with Crippen LogP contribution >= 0.6 is 23.4 Å². The second kappa shape index (κ2) is 8.14. The van der Waals surface area contributed by atoms with Crippen LogP contribution in [0.25, 0.3) is 0 Å². The number of carbonyl (C=O) groups is 1. The van der Waals surface area contributed by atoms with Crippen molar-refractivity contribution in [2.24, 2.45) is 4.99 Å². The molecule has 1 aliphatic rings. The predicted octanol–water partition coefficient (Wildman–Crippen LogP) is 4.63. The molecule has 136 valence electrons. The number of nitrogens with zero attached hydrogens (tertiary/aromatic N) is 2. The minimum Gasteiger partial charge on any atom is -0.478 e. The molecule has 3 rings (SSSR count). The summed E-state index contributed by atoms with van der Waals surface area (Å²) in [6.45, 7) is 4.77. The molecule has 0 fully saturated rings. The molecular weight excluding hydrogens is 368 g/mol. The maximum absolute atomic E-state index is 13.0. The molecule has 0 atom stereocenters. The SMILES string of the molecule is CC(C)(Oc1ccc(Cl)cc1)C(=O)N1CCN=C1SCc1ccccc1. The Labute approximate surface area is 163 Å². The van der Waals surface area contributed by atoms with Gasteiger partial charge in [0.05, 0.1) is 6.54 Å². The smallest absolute Gasteiger partial charge is 0.272 e. The number of hydrogen-bond acceptors (Lipinski definition) is 4. The number of thioether (sulfide) groups is 1. The zero-order chi connectivity index (χ0) is 18.6. The lowest BCUT2D eigenvalue weighted by Gasteiger charge is -2.30. The third-order valence-electron chi connectivity index (χ3n) is 3.96. The molecule has 0 aromatic heterocycles. The molecule has 2 aromatic rings. The highest BCUT2D eigenvalue weighted by atomic mass is 35.5. The van der Waals surface area contributed by atoms with Gasteiger partial charge in [-0.3, -0.25) is 14.7 Å². The first-order chi connectivity index (χ1) is 12.5. The van der Waals surface area contributed by atoms with E-state index in [0.29, 0.717) is 23.9 Å². The number of amides is 1. The van der Waals surface area contributed by atoms with Crippen molar-refractivity contribution in [3.8, 4) is 5.75 Å². The molecule has 0 radical (unpaired) electrons. The third-order valence-corrected chi connectivity index (χ3v) is 5.30. The van der Waals surface area contributed by atoms with Gasteiger partial charge in [-0.1, -0.05) is 53.7 Å². The number of carbonyl (C=O) groups excluding carboxylic acids is 1. The molecule has 26 heavy (non-hydrogen) atoms. The Morgan fingerprint density at radius 2 is 1.88 bits per heavy atom. The summed E-state index contributed by atoms with van der Waals surface area (Å²) in [5.74, 6) is 1.30. The number of ether oxygens (including phenoxy) is 1. The summed E-state index contributed by atoms with van der Waals surface area (Å²) in [7, 11) is 0. The Morgan fingerprint density at radius 3 is 2.58 bits per heavy atom. The summed E-state index contributed by atoms with van der Waals surface area (Å²) in [6, 6.07) is 17.2. The highest BCUT2D eigenvalue weighted by molar-refractivity contribution is 8.13. The quantitative estimate of drug-likeness (QED) is 0.749. The van der Waals surface area contributed by atoms with E-state index in [-0.39, 0.29) is 5.91 Å². The van der Waals surface area contributed by atoms with E-state index < -0.39 is 5.60 Å². The van der Waals surface area contributed by atoms with Crippen LogP contribution in [0.2, 0.25) is 5.02 Å². The molecule has 4 nitrogen and oxygen atoms in total. The third kappa shape index (κ3) is 4.59. The van der Waals surface area contributed by atoms with Gasteiger partial charge in [-0.2, -0.15) is 0 Å². The van der Waals surface area contributed by atoms with E-state index in [0.717, 1.165) is 10.9 Å². The van der Waals surface area contributed by atoms with E-state index in [1.54, 1.807) is 54.8 Å². The lowest BCUT2D eigenvalue weighted by molar-refractivity contribution is -0.140. The highest BCUT2D eigenvalue weighted by Crippen LogP contribution is 2.26. The van der Waals surface area contributed by atoms with Crippen molar-refractivity contribution >= 4 is 34.4 Å². The van der Waals surface area contributed by atoms with E-state index in [1.165, 1.54) is 5.56 Å². The second-order valence-electron chi connectivity index (χ2n) is 6.46. The fourth-order valence-electron chi connectivity index (χ4n) is 2.63. The van der Waals surface area contributed by atoms with Crippen LogP contribution < -0.4 is 4.74 Å². The van der Waals surface area contributed by atoms with Crippen LogP contribution in [0.15, 0.2) is 59.6 Å². The van der Waals surface area contributed by atoms with Crippen molar-refractivity contribution in [3.05, 3.63) is 65.2 Å². The molecule has 0 saturated heterocycles. The Hall–Kier alpha value is -1.98. The molecule has 0 aliphatic carbocycles. The number of aliphatic imine (C=N–C) groups is 1. The summed E-state index contributed by atoms with van der Waals surface area (Å²) in [5.41, 5.74) is 0.211. The van der Waals surface area contributed by atoms with Crippen molar-refractivity contribution in [1.82, 2.24) is 4.90 Å². The Balaban J connectivity index is 1.65. The molecule has 0 N–H and O–H groups in total. The van der Waals surface area contributed by atoms with Gasteiger partial charge in [0.15, 0.2) is 10.8 Å². The van der Waals surface area contributed by atoms with Gasteiger partial charge in [0.1, 0.15) is 5.75 Å². The first-order valence-corrected chi connectivity index (χ1v) is 9.80. The molecule has 0 unspecified atom stereocenters. The minimum absolute atomic E-state index is 0.0933. The lowest BCUT2D eigenvalue weighted by Crippen LogP contribution is -2.49. The number of amidine groups is 1. The molecule has 2 aromatic carbocycles. The standard InChI is InChI=1S/C20H21ClN2O2S/c1-20(2,25-17-10-8-16(21)9-11-17)18(24)23-13-12-22-19(23)26-14-15-6-4-3-5-7-15/h3-11H,12-14H2,1-2H3. The monoisotopic (exact) mass is 388 g/mol. The molecular formula is C20H21ClN2O2S. The average Bonchev–Trinajstić information content (AvgIpc) is 3.10. The van der Waals surface area contributed by atoms with E-state index in [4.69, 9.17) is 16.3 Å². The Bertz CT molecular complexity index is 791. The molecule has 1 heterocycles. The van der Waals surface area contributed by atoms with Gasteiger partial charge in [-0.15, -0.1) is 0 Å². The summed E-state index contributed by atoms with van der Waals surface area (Å²) in [5, 5.41) is 1.39. The van der Waals surface area contributed by atoms with Crippen LogP contribution in [-0.4, -0.2) is 34.7 Å². The zero-order valence-electron chi connectivity index (χ0n) is 14.8. The van der Waals surface area contributed by atoms with Gasteiger partial charge in [0, 0.05) is 17.3 Å². The van der Waals surface area contributed by atoms with Gasteiger partial charge in [0.2, 0.25) is 0 Å². The summed E-state index contributed by atoms with van der Waals surface area (Å²) in [4.78, 5) is 19.3. The van der Waals surface area contributed by atoms with Crippen molar-refractivity contribution in [2.75, 3.05) is 13.1 Å². The predicted molar refractivity (Wildman–Crippen MR) is 108 cm³/mol. The van der Waals surface area contributed by atoms with Crippen LogP contribution in [0.4, 0.5) is 0 Å². The van der Waals surface area contributed by atoms with E-state index in [2.05, 4.69) is 17.1 Å². The van der Waals surface area contributed by atoms with Crippen LogP contribution in [0.1, 0.15) is 19.4 Å². The second-order valence-corrected chi connectivity index (χ2v) is 7.84. The number of benzene rings is 2. The fraction of sp³-hybridized carbons (Fsp3) is 0.300. The first-order valence-electron chi connectivity index (χ1n) is 8.43. The molecule has 1 aliphatic heterocycles. The maximum atomic E-state index is 13.0. The normalized spacial score (nSPS) is 14.3. The molecule has 0 bridgehead atoms. The maximum Gasteiger partial charge on any atom is 0.272 e. The van der Waals surface area contributed by atoms with Crippen LogP contribution in [0, 0.1) is 0 Å². The topological polar surface area (TPSA) is 41.9 Å². The summed E-state index contributed by atoms with van der Waals surface area (Å²) >= 11 is 7.48. The van der Waals surface area contributed by atoms with Gasteiger partial charge in [-0.05, 0) is 43.7 Å². The number of rotatable bonds is 5. The van der Waals surface area contributed by atoms with Gasteiger partial charge in [-0.25, -0.2) is 0 Å². The van der Waals surface area contributed by atoms with Gasteiger partial charge in [0.25, 0.3) is 5.91 Å². The van der Waals surface area contributed by atoms with Crippen molar-refractivity contribution < 1.29 is 9.53 Å². The highest BCUT2D eigenvalue weighted by Gasteiger charge is 2.37. The average molecular weight is 389 g/mol. The fourth-order valence-corrected chi connectivity index (χ4v) is 3.75. The zero-order valence-corrected chi connectivity index (χ0v) is 16.4. The van der Waals surface area contributed by atoms with E-state index in [1.807, 2.05) is 18.2 Å². The van der Waals surface area contributed by atoms with E-state index in [9.17, 15) is 4.79 Å². The molecule has 1 amide bonds. The summed E-state index contributed by atoms with van der Waals surface area (Å²) < 4.78 is 5.93. The lowest BCUT2D eigenvalue weighted by atomic mass is 10.1. The van der Waals surface area contributed by atoms with E-state index >= 15 is 0 Å². The Kier molecular flexibility index (Phi) is 5.89. The molecule has 0 spiro atoms. The van der Waals surface area contributed by atoms with Gasteiger partial charge < -0.3 is 4.74 Å². The van der Waals surface area contributed by atoms with Crippen LogP contribution in [-0.2, 0) is 10.5 Å². The number of hydrogen-bond donors (Lipinski definition) is 0. The summed E-state index contributed by atoms with van der Waals surface area (Å²) in [6.07, 6.45) is 0. The van der Waals surface area contributed by atoms with Crippen molar-refractivity contribution in [2.45, 2.75) is 25.2 Å². The van der Waals surface area contributed by atoms with Crippen LogP contribution in [0.3, 0.4) is 0 Å². The largest absolute Gasteiger partial charge is 0.478 e. The number of halogens is 1.